The minimum atomic E-state index is 0.550. The fourth-order valence-electron chi connectivity index (χ4n) is 1.47. The maximum absolute atomic E-state index is 4.30. The smallest absolute Gasteiger partial charge is 0.0434 e. The molecular formula is C13H21N. The second kappa shape index (κ2) is 8.49. The second-order valence-electron chi connectivity index (χ2n) is 3.23. The molecule has 1 atom stereocenters. The van der Waals surface area contributed by atoms with Crippen LogP contribution in [0.15, 0.2) is 42.6 Å². The SMILES string of the molecule is C=C/C=C\C(=N/C=C)C(CC)CCC. The highest BCUT2D eigenvalue weighted by Gasteiger charge is 2.09. The van der Waals surface area contributed by atoms with E-state index in [-0.39, 0.29) is 0 Å². The number of rotatable bonds is 7. The van der Waals surface area contributed by atoms with Crippen LogP contribution in [0, 0.1) is 5.92 Å². The molecule has 78 valence electrons. The van der Waals surface area contributed by atoms with Crippen LogP contribution in [0.25, 0.3) is 0 Å². The molecule has 0 aliphatic heterocycles. The molecule has 0 bridgehead atoms. The molecule has 0 aromatic heterocycles. The Morgan fingerprint density at radius 2 is 2.07 bits per heavy atom. The van der Waals surface area contributed by atoms with Crippen molar-refractivity contribution in [3.05, 3.63) is 37.6 Å². The van der Waals surface area contributed by atoms with Gasteiger partial charge in [0, 0.05) is 17.8 Å². The van der Waals surface area contributed by atoms with E-state index in [1.165, 1.54) is 12.8 Å². The lowest BCUT2D eigenvalue weighted by atomic mass is 9.94. The first kappa shape index (κ1) is 12.9. The van der Waals surface area contributed by atoms with Crippen molar-refractivity contribution >= 4 is 5.71 Å². The third-order valence-corrected chi connectivity index (χ3v) is 2.19. The van der Waals surface area contributed by atoms with E-state index in [1.54, 1.807) is 12.3 Å². The summed E-state index contributed by atoms with van der Waals surface area (Å²) >= 11 is 0. The Hall–Kier alpha value is -1.11. The van der Waals surface area contributed by atoms with E-state index >= 15 is 0 Å². The van der Waals surface area contributed by atoms with Gasteiger partial charge in [-0.05, 0) is 18.9 Å². The highest BCUT2D eigenvalue weighted by molar-refractivity contribution is 5.97. The Kier molecular flexibility index (Phi) is 7.81. The molecule has 0 N–H and O–H groups in total. The van der Waals surface area contributed by atoms with Gasteiger partial charge in [0.25, 0.3) is 0 Å². The van der Waals surface area contributed by atoms with Crippen molar-refractivity contribution in [2.75, 3.05) is 0 Å². The average molecular weight is 191 g/mol. The summed E-state index contributed by atoms with van der Waals surface area (Å²) in [5, 5.41) is 0. The van der Waals surface area contributed by atoms with Gasteiger partial charge in [0.15, 0.2) is 0 Å². The highest BCUT2D eigenvalue weighted by atomic mass is 14.7. The Morgan fingerprint density at radius 3 is 2.50 bits per heavy atom. The predicted molar refractivity (Wildman–Crippen MR) is 65.7 cm³/mol. The Balaban J connectivity index is 4.59. The number of hydrogen-bond donors (Lipinski definition) is 0. The molecule has 0 saturated carbocycles. The van der Waals surface area contributed by atoms with Gasteiger partial charge in [0.2, 0.25) is 0 Å². The lowest BCUT2D eigenvalue weighted by molar-refractivity contribution is 0.597. The molecule has 0 aliphatic rings. The second-order valence-corrected chi connectivity index (χ2v) is 3.23. The Labute approximate surface area is 87.9 Å². The van der Waals surface area contributed by atoms with Gasteiger partial charge >= 0.3 is 0 Å². The standard InChI is InChI=1S/C13H21N/c1-5-9-11-13(14-8-4)12(7-3)10-6-2/h5,8-9,11-12H,1,4,6-7,10H2,2-3H3/b11-9-,14-13+. The number of nitrogens with zero attached hydrogens (tertiary/aromatic N) is 1. The summed E-state index contributed by atoms with van der Waals surface area (Å²) < 4.78 is 0. The molecule has 1 nitrogen and oxygen atoms in total. The minimum absolute atomic E-state index is 0.550. The molecule has 1 unspecified atom stereocenters. The van der Waals surface area contributed by atoms with E-state index < -0.39 is 0 Å². The molecule has 0 radical (unpaired) electrons. The third-order valence-electron chi connectivity index (χ3n) is 2.19. The summed E-state index contributed by atoms with van der Waals surface area (Å²) in [6.07, 6.45) is 10.8. The predicted octanol–water partition coefficient (Wildman–Crippen LogP) is 4.14. The number of hydrogen-bond acceptors (Lipinski definition) is 1. The van der Waals surface area contributed by atoms with Gasteiger partial charge in [0.1, 0.15) is 0 Å². The van der Waals surface area contributed by atoms with E-state index in [1.807, 2.05) is 12.2 Å². The van der Waals surface area contributed by atoms with Crippen molar-refractivity contribution in [2.24, 2.45) is 10.9 Å². The monoisotopic (exact) mass is 191 g/mol. The van der Waals surface area contributed by atoms with E-state index in [0.29, 0.717) is 5.92 Å². The van der Waals surface area contributed by atoms with Crippen molar-refractivity contribution in [1.82, 2.24) is 0 Å². The van der Waals surface area contributed by atoms with Gasteiger partial charge in [-0.15, -0.1) is 0 Å². The molecule has 0 fully saturated rings. The molecule has 0 heterocycles. The van der Waals surface area contributed by atoms with E-state index in [0.717, 1.165) is 12.1 Å². The largest absolute Gasteiger partial charge is 0.262 e. The molecule has 0 saturated heterocycles. The fraction of sp³-hybridized carbons (Fsp3) is 0.462. The first-order valence-corrected chi connectivity index (χ1v) is 5.27. The van der Waals surface area contributed by atoms with Gasteiger partial charge in [-0.25, -0.2) is 0 Å². The number of allylic oxidation sites excluding steroid dienone is 3. The molecule has 14 heavy (non-hydrogen) atoms. The maximum Gasteiger partial charge on any atom is 0.0434 e. The lowest BCUT2D eigenvalue weighted by Gasteiger charge is -2.13. The van der Waals surface area contributed by atoms with Crippen LogP contribution < -0.4 is 0 Å². The fourth-order valence-corrected chi connectivity index (χ4v) is 1.47. The first-order valence-electron chi connectivity index (χ1n) is 5.27. The van der Waals surface area contributed by atoms with Crippen LogP contribution in [0.1, 0.15) is 33.1 Å². The molecule has 0 rings (SSSR count). The average Bonchev–Trinajstić information content (AvgIpc) is 2.21. The molecule has 1 heteroatoms. The summed E-state index contributed by atoms with van der Waals surface area (Å²) in [7, 11) is 0. The molecule has 0 aromatic rings. The van der Waals surface area contributed by atoms with Crippen LogP contribution in [0.5, 0.6) is 0 Å². The molecule has 0 spiro atoms. The molecular weight excluding hydrogens is 170 g/mol. The van der Waals surface area contributed by atoms with Gasteiger partial charge in [-0.1, -0.05) is 45.6 Å². The Bertz CT molecular complexity index is 223. The van der Waals surface area contributed by atoms with Crippen molar-refractivity contribution in [3.8, 4) is 0 Å². The van der Waals surface area contributed by atoms with Gasteiger partial charge in [-0.3, -0.25) is 4.99 Å². The topological polar surface area (TPSA) is 12.4 Å². The van der Waals surface area contributed by atoms with Crippen LogP contribution in [0.2, 0.25) is 0 Å². The van der Waals surface area contributed by atoms with E-state index in [4.69, 9.17) is 0 Å². The van der Waals surface area contributed by atoms with Crippen LogP contribution in [0.4, 0.5) is 0 Å². The lowest BCUT2D eigenvalue weighted by Crippen LogP contribution is -2.10. The maximum atomic E-state index is 4.30. The van der Waals surface area contributed by atoms with Crippen molar-refractivity contribution in [2.45, 2.75) is 33.1 Å². The van der Waals surface area contributed by atoms with Crippen molar-refractivity contribution in [1.29, 1.82) is 0 Å². The first-order chi connectivity index (χ1) is 6.79. The molecule has 0 aromatic carbocycles. The Morgan fingerprint density at radius 1 is 1.36 bits per heavy atom. The van der Waals surface area contributed by atoms with Gasteiger partial charge in [0.05, 0.1) is 0 Å². The van der Waals surface area contributed by atoms with Crippen molar-refractivity contribution < 1.29 is 0 Å². The third kappa shape index (κ3) is 4.80. The molecule has 0 amide bonds. The zero-order chi connectivity index (χ0) is 10.8. The van der Waals surface area contributed by atoms with Gasteiger partial charge in [-0.2, -0.15) is 0 Å². The quantitative estimate of drug-likeness (QED) is 0.423. The summed E-state index contributed by atoms with van der Waals surface area (Å²) in [6, 6.07) is 0. The zero-order valence-electron chi connectivity index (χ0n) is 9.37. The molecule has 0 aliphatic carbocycles. The summed E-state index contributed by atoms with van der Waals surface area (Å²) in [5.41, 5.74) is 1.12. The van der Waals surface area contributed by atoms with E-state index in [9.17, 15) is 0 Å². The van der Waals surface area contributed by atoms with Crippen LogP contribution in [0.3, 0.4) is 0 Å². The van der Waals surface area contributed by atoms with Crippen LogP contribution in [-0.2, 0) is 0 Å². The van der Waals surface area contributed by atoms with Gasteiger partial charge < -0.3 is 0 Å². The summed E-state index contributed by atoms with van der Waals surface area (Å²) in [6.45, 7) is 11.7. The number of aliphatic imine (C=N–C) groups is 1. The summed E-state index contributed by atoms with van der Waals surface area (Å²) in [4.78, 5) is 4.30. The minimum Gasteiger partial charge on any atom is -0.262 e. The normalized spacial score (nSPS) is 14.3. The zero-order valence-corrected chi connectivity index (χ0v) is 9.37. The van der Waals surface area contributed by atoms with Crippen molar-refractivity contribution in [3.63, 3.8) is 0 Å². The van der Waals surface area contributed by atoms with E-state index in [2.05, 4.69) is 32.0 Å². The van der Waals surface area contributed by atoms with Crippen LogP contribution >= 0.6 is 0 Å². The summed E-state index contributed by atoms with van der Waals surface area (Å²) in [5.74, 6) is 0.550. The van der Waals surface area contributed by atoms with Crippen LogP contribution in [-0.4, -0.2) is 5.71 Å². The highest BCUT2D eigenvalue weighted by Crippen LogP contribution is 2.14.